The lowest BCUT2D eigenvalue weighted by molar-refractivity contribution is -0.122. The lowest BCUT2D eigenvalue weighted by atomic mass is 10.2. The molecule has 0 radical (unpaired) electrons. The second-order valence-electron chi connectivity index (χ2n) is 7.82. The Labute approximate surface area is 193 Å². The van der Waals surface area contributed by atoms with Crippen LogP contribution in [0, 0.1) is 12.7 Å². The van der Waals surface area contributed by atoms with Crippen molar-refractivity contribution in [2.75, 3.05) is 0 Å². The number of halogens is 1. The molecule has 0 atom stereocenters. The Morgan fingerprint density at radius 1 is 1.03 bits per heavy atom. The number of hydrogen-bond acceptors (Lipinski definition) is 5. The summed E-state index contributed by atoms with van der Waals surface area (Å²) in [5, 5.41) is 7.07. The zero-order valence-corrected chi connectivity index (χ0v) is 18.2. The summed E-state index contributed by atoms with van der Waals surface area (Å²) in [6, 6.07) is 20.4. The van der Waals surface area contributed by atoms with Crippen LogP contribution in [0.5, 0.6) is 11.6 Å². The van der Waals surface area contributed by atoms with Gasteiger partial charge >= 0.3 is 5.69 Å². The van der Waals surface area contributed by atoms with Crippen molar-refractivity contribution in [3.05, 3.63) is 100 Å². The molecule has 34 heavy (non-hydrogen) atoms. The van der Waals surface area contributed by atoms with Gasteiger partial charge in [-0.15, -0.1) is 5.10 Å². The predicted octanol–water partition coefficient (Wildman–Crippen LogP) is 3.60. The van der Waals surface area contributed by atoms with Gasteiger partial charge in [0, 0.05) is 6.54 Å². The van der Waals surface area contributed by atoms with Gasteiger partial charge in [0.1, 0.15) is 18.1 Å². The summed E-state index contributed by atoms with van der Waals surface area (Å²) in [5.41, 5.74) is 2.64. The van der Waals surface area contributed by atoms with Crippen LogP contribution in [0.4, 0.5) is 4.39 Å². The van der Waals surface area contributed by atoms with E-state index in [0.717, 1.165) is 15.8 Å². The first-order chi connectivity index (χ1) is 16.5. The van der Waals surface area contributed by atoms with Gasteiger partial charge in [0.25, 0.3) is 5.88 Å². The SMILES string of the molecule is Cc1ccc(Oc2nc3ccccc3n3c(=O)n(CC(=O)NCc4ccc(F)cc4)nc23)cc1. The number of fused-ring (bicyclic) bond motifs is 3. The Balaban J connectivity index is 1.48. The molecule has 0 saturated carbocycles. The number of aryl methyl sites for hydroxylation is 1. The van der Waals surface area contributed by atoms with Crippen LogP contribution in [0.15, 0.2) is 77.6 Å². The molecule has 0 spiro atoms. The molecule has 1 amide bonds. The fraction of sp³-hybridized carbons (Fsp3) is 0.120. The fourth-order valence-corrected chi connectivity index (χ4v) is 3.55. The molecule has 0 aliphatic carbocycles. The first-order valence-corrected chi connectivity index (χ1v) is 10.6. The number of aromatic nitrogens is 4. The Kier molecular flexibility index (Phi) is 5.51. The summed E-state index contributed by atoms with van der Waals surface area (Å²) < 4.78 is 21.5. The maximum Gasteiger partial charge on any atom is 0.351 e. The molecule has 0 bridgehead atoms. The van der Waals surface area contributed by atoms with E-state index in [4.69, 9.17) is 4.74 Å². The van der Waals surface area contributed by atoms with Crippen molar-refractivity contribution < 1.29 is 13.9 Å². The first kappa shape index (κ1) is 21.3. The maximum atomic E-state index is 13.2. The number of benzene rings is 3. The van der Waals surface area contributed by atoms with Crippen LogP contribution in [0.2, 0.25) is 0 Å². The van der Waals surface area contributed by atoms with E-state index in [1.165, 1.54) is 16.5 Å². The number of carbonyl (C=O) groups excluding carboxylic acids is 1. The summed E-state index contributed by atoms with van der Waals surface area (Å²) in [6.07, 6.45) is 0. The number of amides is 1. The third-order valence-corrected chi connectivity index (χ3v) is 5.31. The van der Waals surface area contributed by atoms with E-state index >= 15 is 0 Å². The van der Waals surface area contributed by atoms with E-state index in [1.54, 1.807) is 42.5 Å². The van der Waals surface area contributed by atoms with Crippen LogP contribution in [-0.4, -0.2) is 25.1 Å². The zero-order valence-electron chi connectivity index (χ0n) is 18.2. The van der Waals surface area contributed by atoms with Gasteiger partial charge in [0.05, 0.1) is 11.0 Å². The summed E-state index contributed by atoms with van der Waals surface area (Å²) >= 11 is 0. The lowest BCUT2D eigenvalue weighted by Gasteiger charge is -2.07. The summed E-state index contributed by atoms with van der Waals surface area (Å²) in [4.78, 5) is 30.3. The largest absolute Gasteiger partial charge is 0.436 e. The molecule has 3 aromatic carbocycles. The number of nitrogens with zero attached hydrogens (tertiary/aromatic N) is 4. The van der Waals surface area contributed by atoms with Crippen molar-refractivity contribution in [1.82, 2.24) is 24.5 Å². The van der Waals surface area contributed by atoms with Crippen LogP contribution in [0.3, 0.4) is 0 Å². The lowest BCUT2D eigenvalue weighted by Crippen LogP contribution is -2.32. The van der Waals surface area contributed by atoms with Crippen molar-refractivity contribution >= 4 is 22.6 Å². The average molecular weight is 457 g/mol. The molecule has 0 aliphatic heterocycles. The van der Waals surface area contributed by atoms with Gasteiger partial charge in [0.15, 0.2) is 0 Å². The Bertz CT molecular complexity index is 1560. The Hall–Kier alpha value is -4.53. The van der Waals surface area contributed by atoms with Crippen molar-refractivity contribution in [3.63, 3.8) is 0 Å². The summed E-state index contributed by atoms with van der Waals surface area (Å²) in [6.45, 7) is 1.88. The van der Waals surface area contributed by atoms with Gasteiger partial charge in [0.2, 0.25) is 11.6 Å². The second-order valence-corrected chi connectivity index (χ2v) is 7.82. The van der Waals surface area contributed by atoms with E-state index < -0.39 is 11.6 Å². The number of para-hydroxylation sites is 2. The monoisotopic (exact) mass is 457 g/mol. The second kappa shape index (κ2) is 8.78. The minimum atomic E-state index is -0.487. The third kappa shape index (κ3) is 4.23. The molecule has 2 heterocycles. The van der Waals surface area contributed by atoms with E-state index in [-0.39, 0.29) is 30.4 Å². The third-order valence-electron chi connectivity index (χ3n) is 5.31. The Morgan fingerprint density at radius 3 is 2.53 bits per heavy atom. The minimum Gasteiger partial charge on any atom is -0.436 e. The molecule has 0 fully saturated rings. The number of nitrogens with one attached hydrogen (secondary N) is 1. The van der Waals surface area contributed by atoms with E-state index in [1.807, 2.05) is 25.1 Å². The van der Waals surface area contributed by atoms with Crippen LogP contribution in [-0.2, 0) is 17.9 Å². The quantitative estimate of drug-likeness (QED) is 0.421. The van der Waals surface area contributed by atoms with Gasteiger partial charge in [-0.3, -0.25) is 4.79 Å². The van der Waals surface area contributed by atoms with E-state index in [2.05, 4.69) is 15.4 Å². The molecule has 8 nitrogen and oxygen atoms in total. The molecule has 1 N–H and O–H groups in total. The van der Waals surface area contributed by atoms with Gasteiger partial charge in [-0.05, 0) is 48.9 Å². The van der Waals surface area contributed by atoms with Crippen molar-refractivity contribution in [2.45, 2.75) is 20.0 Å². The topological polar surface area (TPSA) is 90.5 Å². The van der Waals surface area contributed by atoms with Crippen molar-refractivity contribution in [3.8, 4) is 11.6 Å². The molecular formula is C25H20FN5O3. The minimum absolute atomic E-state index is 0.158. The zero-order chi connectivity index (χ0) is 23.7. The number of ether oxygens (including phenoxy) is 1. The molecule has 0 saturated heterocycles. The van der Waals surface area contributed by atoms with Crippen LogP contribution in [0.25, 0.3) is 16.7 Å². The first-order valence-electron chi connectivity index (χ1n) is 10.6. The van der Waals surface area contributed by atoms with Crippen molar-refractivity contribution in [2.24, 2.45) is 0 Å². The number of hydrogen-bond donors (Lipinski definition) is 1. The molecule has 9 heteroatoms. The predicted molar refractivity (Wildman–Crippen MR) is 124 cm³/mol. The molecule has 5 aromatic rings. The van der Waals surface area contributed by atoms with Crippen LogP contribution < -0.4 is 15.7 Å². The molecule has 5 rings (SSSR count). The van der Waals surface area contributed by atoms with Crippen molar-refractivity contribution in [1.29, 1.82) is 0 Å². The average Bonchev–Trinajstić information content (AvgIpc) is 3.16. The maximum absolute atomic E-state index is 13.2. The fourth-order valence-electron chi connectivity index (χ4n) is 3.55. The molecular weight excluding hydrogens is 437 g/mol. The molecule has 170 valence electrons. The van der Waals surface area contributed by atoms with Gasteiger partial charge < -0.3 is 10.1 Å². The number of rotatable bonds is 6. The molecule has 2 aromatic heterocycles. The highest BCUT2D eigenvalue weighted by atomic mass is 19.1. The molecule has 0 unspecified atom stereocenters. The smallest absolute Gasteiger partial charge is 0.351 e. The standard InChI is InChI=1S/C25H20FN5O3/c1-16-6-12-19(13-7-16)34-24-23-29-30(15-22(32)27-14-17-8-10-18(26)11-9-17)25(33)31(23)21-5-3-2-4-20(21)28-24/h2-13H,14-15H2,1H3,(H,27,32). The highest BCUT2D eigenvalue weighted by molar-refractivity contribution is 5.80. The number of carbonyl (C=O) groups is 1. The summed E-state index contributed by atoms with van der Waals surface area (Å²) in [5.74, 6) is -0.0524. The summed E-state index contributed by atoms with van der Waals surface area (Å²) in [7, 11) is 0. The highest BCUT2D eigenvalue weighted by Gasteiger charge is 2.19. The van der Waals surface area contributed by atoms with E-state index in [9.17, 15) is 14.0 Å². The van der Waals surface area contributed by atoms with E-state index in [0.29, 0.717) is 16.8 Å². The van der Waals surface area contributed by atoms with Gasteiger partial charge in [-0.2, -0.15) is 0 Å². The van der Waals surface area contributed by atoms with Crippen LogP contribution >= 0.6 is 0 Å². The Morgan fingerprint density at radius 2 is 1.76 bits per heavy atom. The highest BCUT2D eigenvalue weighted by Crippen LogP contribution is 2.26. The van der Waals surface area contributed by atoms with Gasteiger partial charge in [-0.25, -0.2) is 23.3 Å². The van der Waals surface area contributed by atoms with Crippen LogP contribution in [0.1, 0.15) is 11.1 Å². The molecule has 0 aliphatic rings. The normalized spacial score (nSPS) is 11.1. The van der Waals surface area contributed by atoms with Gasteiger partial charge in [-0.1, -0.05) is 42.0 Å².